The Bertz CT molecular complexity index is 673. The molecule has 1 amide bonds. The number of fused-ring (bicyclic) bond motifs is 1. The summed E-state index contributed by atoms with van der Waals surface area (Å²) in [4.78, 5) is 13.9. The number of benzene rings is 1. The number of hydrogen-bond acceptors (Lipinski definition) is 4. The standard InChI is InChI=1S/C14H13N5O/c15-5-1-7-19(8-2-6-16)14(20)11-3-4-12-10-17-18-13(12)9-11/h3-4,9-10H,1-2,7-8H2,(H,17,18). The number of nitrogens with zero attached hydrogens (tertiary/aromatic N) is 4. The second kappa shape index (κ2) is 6.35. The van der Waals surface area contributed by atoms with Gasteiger partial charge in [-0.15, -0.1) is 0 Å². The van der Waals surface area contributed by atoms with Crippen LogP contribution in [0.15, 0.2) is 24.4 Å². The predicted octanol–water partition coefficient (Wildman–Crippen LogP) is 1.83. The van der Waals surface area contributed by atoms with Crippen molar-refractivity contribution in [2.75, 3.05) is 13.1 Å². The SMILES string of the molecule is N#CCCN(CCC#N)C(=O)c1ccc2cn[nH]c2c1. The molecule has 2 aromatic rings. The number of carbonyl (C=O) groups excluding carboxylic acids is 1. The molecule has 0 radical (unpaired) electrons. The van der Waals surface area contributed by atoms with Crippen molar-refractivity contribution in [3.05, 3.63) is 30.0 Å². The first-order chi connectivity index (χ1) is 9.76. The summed E-state index contributed by atoms with van der Waals surface area (Å²) in [6.45, 7) is 0.663. The van der Waals surface area contributed by atoms with E-state index in [1.165, 1.54) is 4.90 Å². The molecule has 6 heteroatoms. The largest absolute Gasteiger partial charge is 0.337 e. The second-order valence-electron chi connectivity index (χ2n) is 4.28. The minimum Gasteiger partial charge on any atom is -0.337 e. The summed E-state index contributed by atoms with van der Waals surface area (Å²) in [6, 6.07) is 9.31. The molecule has 0 spiro atoms. The average Bonchev–Trinajstić information content (AvgIpc) is 2.94. The number of amides is 1. The lowest BCUT2D eigenvalue weighted by Gasteiger charge is -2.20. The number of carbonyl (C=O) groups is 1. The van der Waals surface area contributed by atoms with Crippen LogP contribution in [-0.2, 0) is 0 Å². The van der Waals surface area contributed by atoms with Gasteiger partial charge in [-0.05, 0) is 12.1 Å². The van der Waals surface area contributed by atoms with E-state index in [1.54, 1.807) is 18.3 Å². The Morgan fingerprint density at radius 1 is 1.25 bits per heavy atom. The molecular formula is C14H13N5O. The van der Waals surface area contributed by atoms with Gasteiger partial charge in [0.15, 0.2) is 0 Å². The molecule has 0 aliphatic heterocycles. The Morgan fingerprint density at radius 3 is 2.60 bits per heavy atom. The zero-order chi connectivity index (χ0) is 14.4. The molecule has 0 unspecified atom stereocenters. The van der Waals surface area contributed by atoms with Crippen molar-refractivity contribution in [1.82, 2.24) is 15.1 Å². The molecule has 1 N–H and O–H groups in total. The zero-order valence-corrected chi connectivity index (χ0v) is 10.8. The van der Waals surface area contributed by atoms with Gasteiger partial charge in [-0.1, -0.05) is 6.07 Å². The Morgan fingerprint density at radius 2 is 1.95 bits per heavy atom. The van der Waals surface area contributed by atoms with E-state index < -0.39 is 0 Å². The number of aromatic amines is 1. The molecule has 0 saturated heterocycles. The lowest BCUT2D eigenvalue weighted by atomic mass is 10.1. The van der Waals surface area contributed by atoms with Crippen LogP contribution in [0.5, 0.6) is 0 Å². The highest BCUT2D eigenvalue weighted by molar-refractivity contribution is 5.97. The van der Waals surface area contributed by atoms with E-state index in [1.807, 2.05) is 18.2 Å². The summed E-state index contributed by atoms with van der Waals surface area (Å²) in [7, 11) is 0. The van der Waals surface area contributed by atoms with Gasteiger partial charge in [-0.25, -0.2) is 0 Å². The van der Waals surface area contributed by atoms with Gasteiger partial charge < -0.3 is 4.90 Å². The van der Waals surface area contributed by atoms with Crippen LogP contribution < -0.4 is 0 Å². The molecule has 100 valence electrons. The highest BCUT2D eigenvalue weighted by Crippen LogP contribution is 2.14. The van der Waals surface area contributed by atoms with Crippen molar-refractivity contribution in [3.63, 3.8) is 0 Å². The summed E-state index contributed by atoms with van der Waals surface area (Å²) in [5.74, 6) is -0.174. The zero-order valence-electron chi connectivity index (χ0n) is 10.8. The number of hydrogen-bond donors (Lipinski definition) is 1. The average molecular weight is 267 g/mol. The minimum absolute atomic E-state index is 0.174. The number of aromatic nitrogens is 2. The molecule has 0 atom stereocenters. The van der Waals surface area contributed by atoms with E-state index >= 15 is 0 Å². The molecule has 0 aliphatic carbocycles. The van der Waals surface area contributed by atoms with Gasteiger partial charge in [0.25, 0.3) is 5.91 Å². The van der Waals surface area contributed by atoms with E-state index in [-0.39, 0.29) is 18.7 Å². The number of H-pyrrole nitrogens is 1. The van der Waals surface area contributed by atoms with E-state index in [2.05, 4.69) is 10.2 Å². The highest BCUT2D eigenvalue weighted by Gasteiger charge is 2.15. The van der Waals surface area contributed by atoms with Gasteiger partial charge in [0.05, 0.1) is 36.7 Å². The first-order valence-electron chi connectivity index (χ1n) is 6.22. The first-order valence-corrected chi connectivity index (χ1v) is 6.22. The summed E-state index contributed by atoms with van der Waals surface area (Å²) in [6.07, 6.45) is 2.19. The second-order valence-corrected chi connectivity index (χ2v) is 4.28. The van der Waals surface area contributed by atoms with E-state index in [9.17, 15) is 4.79 Å². The van der Waals surface area contributed by atoms with Crippen LogP contribution in [0.4, 0.5) is 0 Å². The third-order valence-corrected chi connectivity index (χ3v) is 2.96. The predicted molar refractivity (Wildman–Crippen MR) is 72.5 cm³/mol. The summed E-state index contributed by atoms with van der Waals surface area (Å²) in [5, 5.41) is 24.9. The lowest BCUT2D eigenvalue weighted by Crippen LogP contribution is -2.32. The summed E-state index contributed by atoms with van der Waals surface area (Å²) < 4.78 is 0. The molecule has 20 heavy (non-hydrogen) atoms. The van der Waals surface area contributed by atoms with Gasteiger partial charge in [-0.3, -0.25) is 9.89 Å². The fourth-order valence-corrected chi connectivity index (χ4v) is 1.94. The molecule has 1 heterocycles. The molecule has 0 fully saturated rings. The molecule has 1 aromatic heterocycles. The Balaban J connectivity index is 2.20. The van der Waals surface area contributed by atoms with Gasteiger partial charge in [0.1, 0.15) is 0 Å². The molecular weight excluding hydrogens is 254 g/mol. The molecule has 6 nitrogen and oxygen atoms in total. The maximum Gasteiger partial charge on any atom is 0.253 e. The minimum atomic E-state index is -0.174. The van der Waals surface area contributed by atoms with Crippen LogP contribution in [0.3, 0.4) is 0 Å². The molecule has 0 bridgehead atoms. The molecule has 0 aliphatic rings. The number of nitriles is 2. The van der Waals surface area contributed by atoms with Gasteiger partial charge in [0.2, 0.25) is 0 Å². The van der Waals surface area contributed by atoms with Crippen LogP contribution in [-0.4, -0.2) is 34.1 Å². The van der Waals surface area contributed by atoms with Crippen molar-refractivity contribution in [3.8, 4) is 12.1 Å². The first kappa shape index (κ1) is 13.6. The summed E-state index contributed by atoms with van der Waals surface area (Å²) in [5.41, 5.74) is 1.31. The Kier molecular flexibility index (Phi) is 4.31. The number of nitrogens with one attached hydrogen (secondary N) is 1. The maximum absolute atomic E-state index is 12.4. The van der Waals surface area contributed by atoms with Crippen LogP contribution in [0.25, 0.3) is 10.9 Å². The van der Waals surface area contributed by atoms with Gasteiger partial charge >= 0.3 is 0 Å². The van der Waals surface area contributed by atoms with Crippen molar-refractivity contribution < 1.29 is 4.79 Å². The third-order valence-electron chi connectivity index (χ3n) is 2.96. The topological polar surface area (TPSA) is 96.6 Å². The van der Waals surface area contributed by atoms with Crippen LogP contribution in [0, 0.1) is 22.7 Å². The molecule has 1 aromatic carbocycles. The van der Waals surface area contributed by atoms with E-state index in [0.717, 1.165) is 10.9 Å². The molecule has 0 saturated carbocycles. The quantitative estimate of drug-likeness (QED) is 0.893. The van der Waals surface area contributed by atoms with Crippen LogP contribution in [0.1, 0.15) is 23.2 Å². The van der Waals surface area contributed by atoms with Crippen LogP contribution >= 0.6 is 0 Å². The summed E-state index contributed by atoms with van der Waals surface area (Å²) >= 11 is 0. The Labute approximate surface area is 116 Å². The van der Waals surface area contributed by atoms with Gasteiger partial charge in [0, 0.05) is 24.0 Å². The Hall–Kier alpha value is -2.86. The lowest BCUT2D eigenvalue weighted by molar-refractivity contribution is 0.0762. The van der Waals surface area contributed by atoms with Crippen molar-refractivity contribution >= 4 is 16.8 Å². The fraction of sp³-hybridized carbons (Fsp3) is 0.286. The van der Waals surface area contributed by atoms with Crippen molar-refractivity contribution in [1.29, 1.82) is 10.5 Å². The van der Waals surface area contributed by atoms with Gasteiger partial charge in [-0.2, -0.15) is 15.6 Å². The maximum atomic E-state index is 12.4. The van der Waals surface area contributed by atoms with Crippen LogP contribution in [0.2, 0.25) is 0 Å². The third kappa shape index (κ3) is 2.93. The van der Waals surface area contributed by atoms with E-state index in [0.29, 0.717) is 18.7 Å². The normalized spacial score (nSPS) is 9.90. The highest BCUT2D eigenvalue weighted by atomic mass is 16.2. The van der Waals surface area contributed by atoms with E-state index in [4.69, 9.17) is 10.5 Å². The smallest absolute Gasteiger partial charge is 0.253 e. The number of rotatable bonds is 5. The molecule has 2 rings (SSSR count). The van der Waals surface area contributed by atoms with Crippen molar-refractivity contribution in [2.24, 2.45) is 0 Å². The fourth-order valence-electron chi connectivity index (χ4n) is 1.94. The monoisotopic (exact) mass is 267 g/mol. The van der Waals surface area contributed by atoms with Crippen molar-refractivity contribution in [2.45, 2.75) is 12.8 Å².